The van der Waals surface area contributed by atoms with Gasteiger partial charge < -0.3 is 0 Å². The van der Waals surface area contributed by atoms with E-state index in [-0.39, 0.29) is 32.5 Å². The van der Waals surface area contributed by atoms with Crippen molar-refractivity contribution >= 4 is 8.60 Å². The summed E-state index contributed by atoms with van der Waals surface area (Å²) >= 11 is 0. The number of hydrogen-bond donors (Lipinski definition) is 0. The van der Waals surface area contributed by atoms with Crippen LogP contribution in [-0.4, -0.2) is 0 Å². The van der Waals surface area contributed by atoms with Crippen LogP contribution in [0, 0.1) is 0 Å². The van der Waals surface area contributed by atoms with Crippen LogP contribution >= 0.6 is 8.60 Å². The molecule has 3 nitrogen and oxygen atoms in total. The first-order valence-corrected chi connectivity index (χ1v) is 37.3. The summed E-state index contributed by atoms with van der Waals surface area (Å²) in [5.74, 6) is 0. The van der Waals surface area contributed by atoms with Gasteiger partial charge >= 0.3 is 8.60 Å². The Morgan fingerprint density at radius 3 is 0.412 bits per heavy atom. The number of benzene rings is 6. The second kappa shape index (κ2) is 26.7. The van der Waals surface area contributed by atoms with E-state index >= 15 is 0 Å². The fourth-order valence-electron chi connectivity index (χ4n) is 13.6. The lowest BCUT2D eigenvalue weighted by molar-refractivity contribution is 0.0229. The zero-order valence-electron chi connectivity index (χ0n) is 68.4. The van der Waals surface area contributed by atoms with Gasteiger partial charge in [-0.15, -0.1) is 0 Å². The van der Waals surface area contributed by atoms with Gasteiger partial charge in [-0.1, -0.05) is 396 Å². The van der Waals surface area contributed by atoms with Gasteiger partial charge in [0.25, 0.3) is 0 Å². The summed E-state index contributed by atoms with van der Waals surface area (Å²) < 4.78 is 26.7. The quantitative estimate of drug-likeness (QED) is 0.0758. The van der Waals surface area contributed by atoms with Crippen LogP contribution < -0.4 is 0 Å². The maximum absolute atomic E-state index is 8.90. The van der Waals surface area contributed by atoms with E-state index in [0.29, 0.717) is 0 Å². The Balaban J connectivity index is 2.11. The summed E-state index contributed by atoms with van der Waals surface area (Å²) in [5.41, 5.74) is 12.2. The maximum Gasteiger partial charge on any atom is 0.337 e. The van der Waals surface area contributed by atoms with E-state index in [1.54, 1.807) is 0 Å². The SMILES string of the molecule is C=CC(OP(OC(C=C)(c1ccc(C(C)(C)C)cc1C(C)(C)C)c1ccc(C(C)(C)C)cc1C(C)(C)C)OC(C=C)(c1ccc(C(C)(C)C)cc1C(C)(C)C)c1ccc(C(C)(C)C)cc1C(C)(C)C)(c1ccc(C(C)(C)C)cc1C(C)(C)C)c1ccc(C(C)(C)C)cc1C(C)(C)C. The predicted molar refractivity (Wildman–Crippen MR) is 426 cm³/mol. The third-order valence-electron chi connectivity index (χ3n) is 20.1. The molecule has 0 atom stereocenters. The molecule has 0 saturated heterocycles. The van der Waals surface area contributed by atoms with Crippen LogP contribution in [0.25, 0.3) is 0 Å². The van der Waals surface area contributed by atoms with E-state index in [9.17, 15) is 0 Å². The van der Waals surface area contributed by atoms with Crippen molar-refractivity contribution in [2.75, 3.05) is 0 Å². The third-order valence-corrected chi connectivity index (χ3v) is 21.4. The topological polar surface area (TPSA) is 27.7 Å². The monoisotopic (exact) mass is 1330 g/mol. The highest BCUT2D eigenvalue weighted by molar-refractivity contribution is 7.41. The Morgan fingerprint density at radius 1 is 0.196 bits per heavy atom. The van der Waals surface area contributed by atoms with Crippen molar-refractivity contribution in [1.29, 1.82) is 0 Å². The van der Waals surface area contributed by atoms with Gasteiger partial charge in [0, 0.05) is 0 Å². The normalized spacial score (nSPS) is 14.3. The summed E-state index contributed by atoms with van der Waals surface area (Å²) in [4.78, 5) is 0. The van der Waals surface area contributed by atoms with E-state index in [1.165, 1.54) is 33.4 Å². The highest BCUT2D eigenvalue weighted by atomic mass is 31.2. The molecule has 0 aliphatic rings. The van der Waals surface area contributed by atoms with Crippen LogP contribution in [0.1, 0.15) is 349 Å². The lowest BCUT2D eigenvalue weighted by atomic mass is 9.69. The summed E-state index contributed by atoms with van der Waals surface area (Å²) in [6.45, 7) is 98.5. The molecule has 0 spiro atoms. The fourth-order valence-corrected chi connectivity index (χ4v) is 15.3. The molecule has 0 N–H and O–H groups in total. The van der Waals surface area contributed by atoms with Gasteiger partial charge in [0.15, 0.2) is 0 Å². The van der Waals surface area contributed by atoms with Gasteiger partial charge in [0.05, 0.1) is 0 Å². The zero-order valence-corrected chi connectivity index (χ0v) is 69.3. The number of rotatable bonds is 15. The molecule has 0 amide bonds. The molecular weight excluding hydrogens is 1200 g/mol. The van der Waals surface area contributed by atoms with Crippen molar-refractivity contribution in [3.63, 3.8) is 0 Å². The van der Waals surface area contributed by atoms with E-state index < -0.39 is 57.9 Å². The molecule has 0 aliphatic heterocycles. The molecular formula is C93H135O3P. The summed E-state index contributed by atoms with van der Waals surface area (Å²) in [7, 11) is -2.77. The van der Waals surface area contributed by atoms with Gasteiger partial charge in [0.1, 0.15) is 16.8 Å². The molecule has 6 aromatic carbocycles. The molecule has 530 valence electrons. The molecule has 4 heteroatoms. The summed E-state index contributed by atoms with van der Waals surface area (Å²) in [5, 5.41) is 0. The molecule has 0 heterocycles. The lowest BCUT2D eigenvalue weighted by Crippen LogP contribution is -2.40. The van der Waals surface area contributed by atoms with Crippen LogP contribution in [0.2, 0.25) is 0 Å². The Kier molecular flexibility index (Phi) is 22.2. The van der Waals surface area contributed by atoms with Crippen LogP contribution in [0.15, 0.2) is 147 Å². The minimum atomic E-state index is -2.77. The average molecular weight is 1330 g/mol. The minimum Gasteiger partial charge on any atom is -0.291 e. The fraction of sp³-hybridized carbons (Fsp3) is 0.548. The number of hydrogen-bond acceptors (Lipinski definition) is 3. The van der Waals surface area contributed by atoms with E-state index in [0.717, 1.165) is 66.8 Å². The van der Waals surface area contributed by atoms with Crippen molar-refractivity contribution < 1.29 is 13.6 Å². The Hall–Kier alpha value is -5.15. The van der Waals surface area contributed by atoms with Gasteiger partial charge in [-0.05, 0) is 165 Å². The van der Waals surface area contributed by atoms with E-state index in [2.05, 4.69) is 377 Å². The Labute approximate surface area is 597 Å². The molecule has 0 saturated carbocycles. The van der Waals surface area contributed by atoms with Gasteiger partial charge in [0.2, 0.25) is 0 Å². The molecule has 6 aromatic rings. The molecule has 97 heavy (non-hydrogen) atoms. The standard InChI is InChI=1S/C93H135O3P/c1-40-91(67-49-43-61(79(4,5)6)55-73(67)85(22,23)24,68-50-44-62(80(7,8)9)56-74(68)86(25,26)27)94-97(95-92(41-2,69-51-45-63(81(10,11)12)57-75(69)87(28,29)30)70-52-46-64(82(13,14)15)58-76(70)88(31,32)33)96-93(42-3,71-53-47-65(83(16,17)18)59-77(71)89(34,35)36)72-54-48-66(84(19,20)21)60-78(72)90(37,38)39/h40-60H,1-3H2,4-39H3. The van der Waals surface area contributed by atoms with Crippen molar-refractivity contribution in [2.24, 2.45) is 0 Å². The third kappa shape index (κ3) is 17.1. The van der Waals surface area contributed by atoms with Crippen LogP contribution in [0.5, 0.6) is 0 Å². The van der Waals surface area contributed by atoms with Crippen LogP contribution in [0.3, 0.4) is 0 Å². The first kappa shape index (κ1) is 80.8. The van der Waals surface area contributed by atoms with Crippen molar-refractivity contribution in [3.05, 3.63) is 247 Å². The molecule has 6 rings (SSSR count). The first-order chi connectivity index (χ1) is 43.5. The van der Waals surface area contributed by atoms with Crippen molar-refractivity contribution in [1.82, 2.24) is 0 Å². The molecule has 0 radical (unpaired) electrons. The molecule has 0 aliphatic carbocycles. The van der Waals surface area contributed by atoms with Crippen molar-refractivity contribution in [3.8, 4) is 0 Å². The largest absolute Gasteiger partial charge is 0.337 e. The van der Waals surface area contributed by atoms with E-state index in [4.69, 9.17) is 33.3 Å². The van der Waals surface area contributed by atoms with Gasteiger partial charge in [-0.3, -0.25) is 13.6 Å². The molecule has 0 aromatic heterocycles. The van der Waals surface area contributed by atoms with Crippen molar-refractivity contribution in [2.45, 2.75) is 331 Å². The predicted octanol–water partition coefficient (Wildman–Crippen LogP) is 27.2. The van der Waals surface area contributed by atoms with Crippen LogP contribution in [-0.2, 0) is 95.4 Å². The minimum absolute atomic E-state index is 0.172. The molecule has 0 bridgehead atoms. The second-order valence-electron chi connectivity index (χ2n) is 40.9. The van der Waals surface area contributed by atoms with Crippen LogP contribution in [0.4, 0.5) is 0 Å². The average Bonchev–Trinajstić information content (AvgIpc) is 0.727. The molecule has 0 fully saturated rings. The second-order valence-corrected chi connectivity index (χ2v) is 41.9. The summed E-state index contributed by atoms with van der Waals surface area (Å²) in [6, 6.07) is 42.5. The van der Waals surface area contributed by atoms with Gasteiger partial charge in [-0.2, -0.15) is 0 Å². The van der Waals surface area contributed by atoms with E-state index in [1.807, 2.05) is 0 Å². The molecule has 0 unspecified atom stereocenters. The Morgan fingerprint density at radius 2 is 0.320 bits per heavy atom. The van der Waals surface area contributed by atoms with Gasteiger partial charge in [-0.25, -0.2) is 0 Å². The maximum atomic E-state index is 8.90. The highest BCUT2D eigenvalue weighted by Crippen LogP contribution is 2.64. The highest BCUT2D eigenvalue weighted by Gasteiger charge is 2.53. The lowest BCUT2D eigenvalue weighted by Gasteiger charge is -2.47. The zero-order chi connectivity index (χ0) is 74.4. The first-order valence-electron chi connectivity index (χ1n) is 36.2. The summed E-state index contributed by atoms with van der Waals surface area (Å²) in [6.07, 6.45) is 6.20. The Bertz CT molecular complexity index is 3210. The smallest absolute Gasteiger partial charge is 0.291 e.